The Labute approximate surface area is 177 Å². The fourth-order valence-electron chi connectivity index (χ4n) is 5.17. The Morgan fingerprint density at radius 2 is 1.67 bits per heavy atom. The summed E-state index contributed by atoms with van der Waals surface area (Å²) < 4.78 is 10.3. The molecule has 1 unspecified atom stereocenters. The third-order valence-electron chi connectivity index (χ3n) is 6.51. The van der Waals surface area contributed by atoms with Gasteiger partial charge in [-0.1, -0.05) is 73.7 Å². The Bertz CT molecular complexity index is 1020. The van der Waals surface area contributed by atoms with E-state index in [1.807, 2.05) is 36.4 Å². The monoisotopic (exact) mass is 402 g/mol. The molecule has 1 saturated carbocycles. The van der Waals surface area contributed by atoms with Gasteiger partial charge in [-0.15, -0.1) is 0 Å². The third kappa shape index (κ3) is 3.07. The number of carbonyl (C=O) groups excluding carboxylic acids is 2. The Kier molecular flexibility index (Phi) is 5.10. The number of esters is 2. The highest BCUT2D eigenvalue weighted by atomic mass is 16.5. The number of benzene rings is 1. The summed E-state index contributed by atoms with van der Waals surface area (Å²) in [5.41, 5.74) is 3.59. The molecular weight excluding hydrogens is 376 g/mol. The van der Waals surface area contributed by atoms with E-state index >= 15 is 0 Å². The number of ether oxygens (including phenoxy) is 2. The number of allylic oxidation sites excluding steroid dienone is 9. The molecular formula is C26H26O4. The molecule has 3 aliphatic carbocycles. The Hall–Kier alpha value is -3.14. The highest BCUT2D eigenvalue weighted by molar-refractivity contribution is 6.01. The fourth-order valence-corrected chi connectivity index (χ4v) is 5.17. The molecule has 1 atom stereocenters. The molecule has 0 spiro atoms. The average Bonchev–Trinajstić information content (AvgIpc) is 2.78. The van der Waals surface area contributed by atoms with Crippen molar-refractivity contribution in [3.63, 3.8) is 0 Å². The van der Waals surface area contributed by atoms with Crippen LogP contribution in [0.1, 0.15) is 31.7 Å². The second-order valence-electron chi connectivity index (χ2n) is 8.32. The summed E-state index contributed by atoms with van der Waals surface area (Å²) >= 11 is 0. The normalized spacial score (nSPS) is 25.3. The quantitative estimate of drug-likeness (QED) is 0.530. The molecule has 4 heteroatoms. The lowest BCUT2D eigenvalue weighted by atomic mass is 9.53. The molecule has 4 nitrogen and oxygen atoms in total. The maximum atomic E-state index is 13.0. The van der Waals surface area contributed by atoms with E-state index in [9.17, 15) is 9.59 Å². The smallest absolute Gasteiger partial charge is 0.323 e. The Balaban J connectivity index is 1.95. The van der Waals surface area contributed by atoms with E-state index in [4.69, 9.17) is 9.47 Å². The van der Waals surface area contributed by atoms with Gasteiger partial charge in [-0.3, -0.25) is 9.59 Å². The minimum absolute atomic E-state index is 0.245. The van der Waals surface area contributed by atoms with Crippen LogP contribution in [0.25, 0.3) is 6.08 Å². The van der Waals surface area contributed by atoms with E-state index in [1.54, 1.807) is 0 Å². The first-order valence-electron chi connectivity index (χ1n) is 10.2. The second kappa shape index (κ2) is 7.60. The van der Waals surface area contributed by atoms with Gasteiger partial charge in [-0.2, -0.15) is 0 Å². The van der Waals surface area contributed by atoms with Crippen molar-refractivity contribution in [1.82, 2.24) is 0 Å². The molecule has 1 aromatic carbocycles. The zero-order chi connectivity index (χ0) is 21.4. The van der Waals surface area contributed by atoms with Gasteiger partial charge < -0.3 is 9.47 Å². The molecule has 3 aliphatic rings. The summed E-state index contributed by atoms with van der Waals surface area (Å²) in [6, 6.07) is 9.95. The molecule has 0 amide bonds. The number of fused-ring (bicyclic) bond motifs is 3. The Morgan fingerprint density at radius 3 is 2.33 bits per heavy atom. The molecule has 1 fully saturated rings. The summed E-state index contributed by atoms with van der Waals surface area (Å²) in [7, 11) is 2.66. The summed E-state index contributed by atoms with van der Waals surface area (Å²) in [6.45, 7) is 2.12. The van der Waals surface area contributed by atoms with Crippen LogP contribution in [-0.4, -0.2) is 26.2 Å². The second-order valence-corrected chi connectivity index (χ2v) is 8.32. The number of rotatable bonds is 3. The maximum Gasteiger partial charge on any atom is 0.323 e. The third-order valence-corrected chi connectivity index (χ3v) is 6.51. The summed E-state index contributed by atoms with van der Waals surface area (Å²) in [6.07, 6.45) is 14.1. The van der Waals surface area contributed by atoms with Crippen molar-refractivity contribution >= 4 is 18.0 Å². The first-order valence-corrected chi connectivity index (χ1v) is 10.2. The van der Waals surface area contributed by atoms with E-state index in [0.29, 0.717) is 6.42 Å². The van der Waals surface area contributed by atoms with E-state index < -0.39 is 22.8 Å². The molecule has 154 valence electrons. The maximum absolute atomic E-state index is 13.0. The van der Waals surface area contributed by atoms with Gasteiger partial charge in [0.2, 0.25) is 0 Å². The molecule has 0 heterocycles. The molecule has 4 rings (SSSR count). The van der Waals surface area contributed by atoms with E-state index in [2.05, 4.69) is 37.3 Å². The summed E-state index contributed by atoms with van der Waals surface area (Å²) in [5, 5.41) is 0. The molecule has 0 bridgehead atoms. The first-order chi connectivity index (χ1) is 14.4. The van der Waals surface area contributed by atoms with Crippen molar-refractivity contribution in [3.8, 4) is 0 Å². The molecule has 0 N–H and O–H groups in total. The van der Waals surface area contributed by atoms with Crippen LogP contribution < -0.4 is 0 Å². The minimum Gasteiger partial charge on any atom is -0.468 e. The van der Waals surface area contributed by atoms with Crippen LogP contribution in [0.2, 0.25) is 0 Å². The number of hydrogen-bond donors (Lipinski definition) is 0. The first kappa shape index (κ1) is 20.1. The average molecular weight is 402 g/mol. The van der Waals surface area contributed by atoms with Crippen molar-refractivity contribution in [2.45, 2.75) is 26.2 Å². The van der Waals surface area contributed by atoms with Crippen LogP contribution in [0.15, 0.2) is 83.0 Å². The van der Waals surface area contributed by atoms with E-state index in [1.165, 1.54) is 19.8 Å². The van der Waals surface area contributed by atoms with Crippen molar-refractivity contribution in [1.29, 1.82) is 0 Å². The van der Waals surface area contributed by atoms with Crippen molar-refractivity contribution in [2.24, 2.45) is 10.8 Å². The van der Waals surface area contributed by atoms with E-state index in [0.717, 1.165) is 28.7 Å². The summed E-state index contributed by atoms with van der Waals surface area (Å²) in [5.74, 6) is -1.09. The molecule has 1 aromatic rings. The summed E-state index contributed by atoms with van der Waals surface area (Å²) in [4.78, 5) is 26.1. The number of methoxy groups -OCH3 is 2. The lowest BCUT2D eigenvalue weighted by Gasteiger charge is -2.49. The van der Waals surface area contributed by atoms with Crippen LogP contribution in [0, 0.1) is 10.8 Å². The van der Waals surface area contributed by atoms with Crippen LogP contribution in [0.5, 0.6) is 0 Å². The van der Waals surface area contributed by atoms with E-state index in [-0.39, 0.29) is 6.42 Å². The predicted octanol–water partition coefficient (Wildman–Crippen LogP) is 4.96. The van der Waals surface area contributed by atoms with Crippen molar-refractivity contribution in [2.75, 3.05) is 14.2 Å². The standard InChI is InChI=1S/C26H26O4/c1-25-17-26(23(27)29-2,24(28)30-3)16-20(15-18-9-5-4-6-10-18)22(25)14-13-19-11-7-8-12-21(19)25/h4-10,12-15H,11,16-17H2,1-3H3/b20-15-. The highest BCUT2D eigenvalue weighted by Crippen LogP contribution is 2.60. The lowest BCUT2D eigenvalue weighted by Crippen LogP contribution is -2.50. The zero-order valence-electron chi connectivity index (χ0n) is 17.6. The predicted molar refractivity (Wildman–Crippen MR) is 116 cm³/mol. The molecule has 0 aromatic heterocycles. The SMILES string of the molecule is COC(=O)C1(C(=O)OC)C/C(=C/c2ccccc2)C2=CC=C3CC=CC=C3C2(C)C1. The van der Waals surface area contributed by atoms with Gasteiger partial charge >= 0.3 is 11.9 Å². The number of hydrogen-bond acceptors (Lipinski definition) is 4. The van der Waals surface area contributed by atoms with Crippen LogP contribution in [0.4, 0.5) is 0 Å². The lowest BCUT2D eigenvalue weighted by molar-refractivity contribution is -0.172. The van der Waals surface area contributed by atoms with Gasteiger partial charge in [0, 0.05) is 5.41 Å². The van der Waals surface area contributed by atoms with Gasteiger partial charge in [-0.25, -0.2) is 0 Å². The highest BCUT2D eigenvalue weighted by Gasteiger charge is 2.59. The molecule has 0 aliphatic heterocycles. The van der Waals surface area contributed by atoms with Gasteiger partial charge in [0.25, 0.3) is 0 Å². The van der Waals surface area contributed by atoms with Crippen LogP contribution in [-0.2, 0) is 19.1 Å². The van der Waals surface area contributed by atoms with Crippen LogP contribution >= 0.6 is 0 Å². The van der Waals surface area contributed by atoms with Gasteiger partial charge in [0.15, 0.2) is 5.41 Å². The van der Waals surface area contributed by atoms with Gasteiger partial charge in [0.1, 0.15) is 0 Å². The van der Waals surface area contributed by atoms with Crippen LogP contribution in [0.3, 0.4) is 0 Å². The van der Waals surface area contributed by atoms with Crippen molar-refractivity contribution < 1.29 is 19.1 Å². The minimum atomic E-state index is -1.39. The molecule has 30 heavy (non-hydrogen) atoms. The number of carbonyl (C=O) groups is 2. The molecule has 0 saturated heterocycles. The fraction of sp³-hybridized carbons (Fsp3) is 0.308. The topological polar surface area (TPSA) is 52.6 Å². The Morgan fingerprint density at radius 1 is 0.967 bits per heavy atom. The molecule has 0 radical (unpaired) electrons. The van der Waals surface area contributed by atoms with Gasteiger partial charge in [-0.05, 0) is 47.1 Å². The van der Waals surface area contributed by atoms with Gasteiger partial charge in [0.05, 0.1) is 14.2 Å². The zero-order valence-corrected chi connectivity index (χ0v) is 17.6. The largest absolute Gasteiger partial charge is 0.468 e. The van der Waals surface area contributed by atoms with Crippen molar-refractivity contribution in [3.05, 3.63) is 88.6 Å².